The van der Waals surface area contributed by atoms with Gasteiger partial charge in [0.25, 0.3) is 0 Å². The number of nitrogen functional groups attached to an aromatic ring is 1. The number of rotatable bonds is 5. The molecular formula is C14H14Br2N2O2S. The van der Waals surface area contributed by atoms with Crippen LogP contribution >= 0.6 is 31.9 Å². The van der Waals surface area contributed by atoms with Gasteiger partial charge >= 0.3 is 0 Å². The van der Waals surface area contributed by atoms with E-state index in [1.807, 2.05) is 30.3 Å². The minimum atomic E-state index is -3.61. The predicted molar refractivity (Wildman–Crippen MR) is 91.6 cm³/mol. The molecule has 4 nitrogen and oxygen atoms in total. The Hall–Kier alpha value is -0.890. The smallest absolute Gasteiger partial charge is 0.242 e. The highest BCUT2D eigenvalue weighted by molar-refractivity contribution is 9.11. The fourth-order valence-electron chi connectivity index (χ4n) is 1.88. The molecule has 0 atom stereocenters. The van der Waals surface area contributed by atoms with Crippen molar-refractivity contribution in [2.24, 2.45) is 0 Å². The lowest BCUT2D eigenvalue weighted by atomic mass is 10.2. The number of hydrogen-bond donors (Lipinski definition) is 2. The van der Waals surface area contributed by atoms with Crippen LogP contribution in [0, 0.1) is 0 Å². The van der Waals surface area contributed by atoms with Gasteiger partial charge in [-0.1, -0.05) is 30.3 Å². The molecule has 0 fully saturated rings. The van der Waals surface area contributed by atoms with Crippen LogP contribution in [0.15, 0.2) is 56.3 Å². The van der Waals surface area contributed by atoms with Crippen LogP contribution in [0.25, 0.3) is 0 Å². The van der Waals surface area contributed by atoms with Crippen molar-refractivity contribution in [3.8, 4) is 0 Å². The number of hydrogen-bond acceptors (Lipinski definition) is 3. The summed E-state index contributed by atoms with van der Waals surface area (Å²) in [6, 6.07) is 12.8. The molecule has 0 aliphatic heterocycles. The molecule has 0 saturated carbocycles. The topological polar surface area (TPSA) is 72.2 Å². The fraction of sp³-hybridized carbons (Fsp3) is 0.143. The Balaban J connectivity index is 2.12. The van der Waals surface area contributed by atoms with E-state index in [0.29, 0.717) is 27.6 Å². The Bertz CT molecular complexity index is 711. The van der Waals surface area contributed by atoms with Gasteiger partial charge in [0, 0.05) is 21.2 Å². The predicted octanol–water partition coefficient (Wildman–Crippen LogP) is 3.31. The van der Waals surface area contributed by atoms with Gasteiger partial charge in [-0.15, -0.1) is 0 Å². The number of sulfonamides is 1. The SMILES string of the molecule is Nc1cc(Br)c(S(=O)(=O)NCCc2ccccc2)c(Br)c1. The summed E-state index contributed by atoms with van der Waals surface area (Å²) in [6.07, 6.45) is 0.629. The third kappa shape index (κ3) is 4.29. The summed E-state index contributed by atoms with van der Waals surface area (Å²) in [5.74, 6) is 0. The van der Waals surface area contributed by atoms with Crippen molar-refractivity contribution in [1.82, 2.24) is 4.72 Å². The number of halogens is 2. The van der Waals surface area contributed by atoms with Crippen molar-refractivity contribution in [3.05, 3.63) is 57.0 Å². The van der Waals surface area contributed by atoms with E-state index in [1.165, 1.54) is 0 Å². The minimum absolute atomic E-state index is 0.157. The third-order valence-electron chi connectivity index (χ3n) is 2.84. The molecule has 2 aromatic rings. The van der Waals surface area contributed by atoms with Crippen LogP contribution < -0.4 is 10.5 Å². The average Bonchev–Trinajstić information content (AvgIpc) is 2.38. The Kier molecular flexibility index (Phi) is 5.43. The highest BCUT2D eigenvalue weighted by Gasteiger charge is 2.21. The average molecular weight is 434 g/mol. The molecule has 0 aliphatic carbocycles. The van der Waals surface area contributed by atoms with Gasteiger partial charge in [-0.05, 0) is 56.0 Å². The molecule has 7 heteroatoms. The molecule has 0 bridgehead atoms. The number of anilines is 1. The number of benzene rings is 2. The molecule has 2 rings (SSSR count). The maximum atomic E-state index is 12.4. The molecule has 0 saturated heterocycles. The van der Waals surface area contributed by atoms with E-state index in [-0.39, 0.29) is 4.90 Å². The van der Waals surface area contributed by atoms with Gasteiger partial charge in [-0.3, -0.25) is 0 Å². The van der Waals surface area contributed by atoms with Crippen LogP contribution in [0.4, 0.5) is 5.69 Å². The second-order valence-corrected chi connectivity index (χ2v) is 7.86. The van der Waals surface area contributed by atoms with Crippen LogP contribution in [0.2, 0.25) is 0 Å². The van der Waals surface area contributed by atoms with E-state index in [4.69, 9.17) is 5.73 Å². The fourth-order valence-corrected chi connectivity index (χ4v) is 5.53. The summed E-state index contributed by atoms with van der Waals surface area (Å²) in [5.41, 5.74) is 7.24. The van der Waals surface area contributed by atoms with Gasteiger partial charge in [-0.25, -0.2) is 13.1 Å². The Morgan fingerprint density at radius 3 is 2.19 bits per heavy atom. The third-order valence-corrected chi connectivity index (χ3v) is 6.18. The van der Waals surface area contributed by atoms with Gasteiger partial charge in [0.15, 0.2) is 0 Å². The van der Waals surface area contributed by atoms with E-state index < -0.39 is 10.0 Å². The first-order valence-corrected chi connectivity index (χ1v) is 9.25. The second-order valence-electron chi connectivity index (χ2n) is 4.45. The van der Waals surface area contributed by atoms with Crippen LogP contribution in [0.3, 0.4) is 0 Å². The summed E-state index contributed by atoms with van der Waals surface area (Å²) in [4.78, 5) is 0.157. The first-order chi connectivity index (χ1) is 9.90. The first-order valence-electron chi connectivity index (χ1n) is 6.18. The van der Waals surface area contributed by atoms with Gasteiger partial charge < -0.3 is 5.73 Å². The maximum Gasteiger partial charge on any atom is 0.242 e. The van der Waals surface area contributed by atoms with E-state index in [1.54, 1.807) is 12.1 Å². The number of nitrogens with two attached hydrogens (primary N) is 1. The molecule has 0 spiro atoms. The van der Waals surface area contributed by atoms with Crippen molar-refractivity contribution in [3.63, 3.8) is 0 Å². The van der Waals surface area contributed by atoms with Gasteiger partial charge in [0.1, 0.15) is 4.90 Å². The molecule has 0 aromatic heterocycles. The van der Waals surface area contributed by atoms with Gasteiger partial charge in [0.05, 0.1) is 0 Å². The van der Waals surface area contributed by atoms with Crippen molar-refractivity contribution in [2.45, 2.75) is 11.3 Å². The van der Waals surface area contributed by atoms with Gasteiger partial charge in [0.2, 0.25) is 10.0 Å². The Morgan fingerprint density at radius 2 is 1.62 bits per heavy atom. The lowest BCUT2D eigenvalue weighted by molar-refractivity contribution is 0.580. The van der Waals surface area contributed by atoms with E-state index in [9.17, 15) is 8.42 Å². The zero-order chi connectivity index (χ0) is 15.5. The molecule has 0 aliphatic rings. The quantitative estimate of drug-likeness (QED) is 0.710. The summed E-state index contributed by atoms with van der Waals surface area (Å²) in [6.45, 7) is 0.329. The van der Waals surface area contributed by atoms with Crippen molar-refractivity contribution >= 4 is 47.6 Å². The van der Waals surface area contributed by atoms with Crippen molar-refractivity contribution in [2.75, 3.05) is 12.3 Å². The molecule has 112 valence electrons. The van der Waals surface area contributed by atoms with Gasteiger partial charge in [-0.2, -0.15) is 0 Å². The Labute approximate surface area is 141 Å². The summed E-state index contributed by atoms with van der Waals surface area (Å²) in [7, 11) is -3.61. The monoisotopic (exact) mass is 432 g/mol. The van der Waals surface area contributed by atoms with Crippen LogP contribution in [-0.4, -0.2) is 15.0 Å². The molecule has 0 radical (unpaired) electrons. The zero-order valence-electron chi connectivity index (χ0n) is 11.0. The highest BCUT2D eigenvalue weighted by atomic mass is 79.9. The zero-order valence-corrected chi connectivity index (χ0v) is 15.0. The molecule has 3 N–H and O–H groups in total. The largest absolute Gasteiger partial charge is 0.399 e. The van der Waals surface area contributed by atoms with E-state index in [2.05, 4.69) is 36.6 Å². The van der Waals surface area contributed by atoms with Crippen LogP contribution in [-0.2, 0) is 16.4 Å². The van der Waals surface area contributed by atoms with E-state index >= 15 is 0 Å². The van der Waals surface area contributed by atoms with E-state index in [0.717, 1.165) is 5.56 Å². The minimum Gasteiger partial charge on any atom is -0.399 e. The molecule has 0 unspecified atom stereocenters. The molecule has 0 heterocycles. The van der Waals surface area contributed by atoms with Crippen LogP contribution in [0.1, 0.15) is 5.56 Å². The molecule has 21 heavy (non-hydrogen) atoms. The lowest BCUT2D eigenvalue weighted by Crippen LogP contribution is -2.26. The standard InChI is InChI=1S/C14H14Br2N2O2S/c15-12-8-11(17)9-13(16)14(12)21(19,20)18-7-6-10-4-2-1-3-5-10/h1-5,8-9,18H,6-7,17H2. The highest BCUT2D eigenvalue weighted by Crippen LogP contribution is 2.32. The number of nitrogens with one attached hydrogen (secondary N) is 1. The summed E-state index contributed by atoms with van der Waals surface area (Å²) in [5, 5.41) is 0. The summed E-state index contributed by atoms with van der Waals surface area (Å²) >= 11 is 6.48. The van der Waals surface area contributed by atoms with Crippen LogP contribution in [0.5, 0.6) is 0 Å². The Morgan fingerprint density at radius 1 is 1.05 bits per heavy atom. The lowest BCUT2D eigenvalue weighted by Gasteiger charge is -2.11. The van der Waals surface area contributed by atoms with Crippen molar-refractivity contribution in [1.29, 1.82) is 0 Å². The molecule has 0 amide bonds. The molecule has 2 aromatic carbocycles. The normalized spacial score (nSPS) is 11.5. The molecular weight excluding hydrogens is 420 g/mol. The second kappa shape index (κ2) is 6.91. The maximum absolute atomic E-state index is 12.4. The first kappa shape index (κ1) is 16.5. The van der Waals surface area contributed by atoms with Crippen molar-refractivity contribution < 1.29 is 8.42 Å². The summed E-state index contributed by atoms with van der Waals surface area (Å²) < 4.78 is 28.2.